The molecular formula is C9H15NO3. The Morgan fingerprint density at radius 1 is 1.69 bits per heavy atom. The minimum Gasteiger partial charge on any atom is -0.479 e. The third kappa shape index (κ3) is 6.14. The van der Waals surface area contributed by atoms with E-state index in [1.165, 1.54) is 0 Å². The van der Waals surface area contributed by atoms with Gasteiger partial charge in [-0.1, -0.05) is 0 Å². The zero-order valence-electron chi connectivity index (χ0n) is 7.96. The van der Waals surface area contributed by atoms with Gasteiger partial charge in [-0.05, 0) is 14.0 Å². The first-order chi connectivity index (χ1) is 6.22. The molecule has 74 valence electrons. The van der Waals surface area contributed by atoms with Crippen LogP contribution in [0.4, 0.5) is 0 Å². The number of hydrogen-bond acceptors (Lipinski definition) is 3. The molecule has 0 radical (unpaired) electrons. The third-order valence-corrected chi connectivity index (χ3v) is 1.41. The zero-order valence-corrected chi connectivity index (χ0v) is 7.96. The molecule has 4 nitrogen and oxygen atoms in total. The monoisotopic (exact) mass is 185 g/mol. The first-order valence-corrected chi connectivity index (χ1v) is 4.11. The van der Waals surface area contributed by atoms with Gasteiger partial charge in [0.15, 0.2) is 6.10 Å². The van der Waals surface area contributed by atoms with E-state index in [9.17, 15) is 4.79 Å². The van der Waals surface area contributed by atoms with Crippen molar-refractivity contribution in [1.82, 2.24) is 5.32 Å². The zero-order chi connectivity index (χ0) is 10.1. The fraction of sp³-hybridized carbons (Fsp3) is 0.667. The molecule has 0 fully saturated rings. The van der Waals surface area contributed by atoms with Gasteiger partial charge in [-0.3, -0.25) is 0 Å². The summed E-state index contributed by atoms with van der Waals surface area (Å²) in [7, 11) is 1.78. The largest absolute Gasteiger partial charge is 0.479 e. The molecule has 0 aromatic heterocycles. The summed E-state index contributed by atoms with van der Waals surface area (Å²) in [6.07, 6.45) is -0.559. The minimum absolute atomic E-state index is 0.246. The molecule has 0 aliphatic carbocycles. The van der Waals surface area contributed by atoms with Gasteiger partial charge >= 0.3 is 5.97 Å². The second kappa shape index (κ2) is 7.59. The van der Waals surface area contributed by atoms with Crippen molar-refractivity contribution in [2.24, 2.45) is 0 Å². The summed E-state index contributed by atoms with van der Waals surface area (Å²) in [5, 5.41) is 11.6. The average Bonchev–Trinajstić information content (AvgIpc) is 2.10. The highest BCUT2D eigenvalue weighted by Gasteiger charge is 2.15. The maximum atomic E-state index is 10.6. The number of likely N-dealkylation sites (N-methyl/N-ethyl adjacent to an activating group) is 1. The molecule has 0 saturated carbocycles. The predicted molar refractivity (Wildman–Crippen MR) is 49.4 cm³/mol. The lowest BCUT2D eigenvalue weighted by atomic mass is 10.2. The van der Waals surface area contributed by atoms with Crippen LogP contribution in [0, 0.1) is 11.8 Å². The van der Waals surface area contributed by atoms with Gasteiger partial charge < -0.3 is 15.2 Å². The summed E-state index contributed by atoms with van der Waals surface area (Å²) in [6, 6.07) is 0. The van der Waals surface area contributed by atoms with E-state index in [4.69, 9.17) is 9.84 Å². The Labute approximate surface area is 78.3 Å². The molecule has 0 aromatic rings. The summed E-state index contributed by atoms with van der Waals surface area (Å²) >= 11 is 0. The Bertz CT molecular complexity index is 205. The molecule has 0 aromatic carbocycles. The van der Waals surface area contributed by atoms with Crippen molar-refractivity contribution in [3.8, 4) is 11.8 Å². The lowest BCUT2D eigenvalue weighted by Gasteiger charge is -2.09. The Kier molecular flexibility index (Phi) is 6.98. The van der Waals surface area contributed by atoms with Gasteiger partial charge in [0.2, 0.25) is 0 Å². The summed E-state index contributed by atoms with van der Waals surface area (Å²) < 4.78 is 5.08. The van der Waals surface area contributed by atoms with Gasteiger partial charge in [-0.15, -0.1) is 11.8 Å². The molecule has 1 unspecified atom stereocenters. The molecular weight excluding hydrogens is 170 g/mol. The van der Waals surface area contributed by atoms with Gasteiger partial charge in [-0.2, -0.15) is 0 Å². The molecule has 0 bridgehead atoms. The molecule has 0 spiro atoms. The van der Waals surface area contributed by atoms with Crippen LogP contribution in [-0.4, -0.2) is 37.4 Å². The van der Waals surface area contributed by atoms with Crippen LogP contribution >= 0.6 is 0 Å². The second-order valence-corrected chi connectivity index (χ2v) is 2.43. The summed E-state index contributed by atoms with van der Waals surface area (Å²) in [4.78, 5) is 10.6. The number of aliphatic carboxylic acids is 1. The number of carbonyl (C=O) groups is 1. The Morgan fingerprint density at radius 2 is 2.38 bits per heavy atom. The molecule has 1 atom stereocenters. The van der Waals surface area contributed by atoms with E-state index in [-0.39, 0.29) is 6.42 Å². The normalized spacial score (nSPS) is 11.5. The highest BCUT2D eigenvalue weighted by molar-refractivity contribution is 5.72. The van der Waals surface area contributed by atoms with Gasteiger partial charge in [0.1, 0.15) is 0 Å². The number of carboxylic acids is 1. The quantitative estimate of drug-likeness (QED) is 0.455. The standard InChI is InChI=1S/C9H15NO3/c1-3-4-5-8(9(11)12)13-7-6-10-2/h8,10H,5-7H2,1-2H3,(H,11,12). The molecule has 0 aliphatic heterocycles. The van der Waals surface area contributed by atoms with E-state index < -0.39 is 12.1 Å². The first kappa shape index (κ1) is 11.9. The first-order valence-electron chi connectivity index (χ1n) is 4.11. The average molecular weight is 185 g/mol. The van der Waals surface area contributed by atoms with Crippen molar-refractivity contribution in [1.29, 1.82) is 0 Å². The number of hydrogen-bond donors (Lipinski definition) is 2. The molecule has 4 heteroatoms. The van der Waals surface area contributed by atoms with E-state index in [2.05, 4.69) is 17.2 Å². The van der Waals surface area contributed by atoms with Crippen LogP contribution < -0.4 is 5.32 Å². The van der Waals surface area contributed by atoms with Crippen LogP contribution in [0.1, 0.15) is 13.3 Å². The Morgan fingerprint density at radius 3 is 2.85 bits per heavy atom. The van der Waals surface area contributed by atoms with E-state index in [1.54, 1.807) is 14.0 Å². The van der Waals surface area contributed by atoms with Crippen molar-refractivity contribution in [3.05, 3.63) is 0 Å². The molecule has 0 saturated heterocycles. The van der Waals surface area contributed by atoms with Crippen molar-refractivity contribution in [2.75, 3.05) is 20.2 Å². The summed E-state index contributed by atoms with van der Waals surface area (Å²) in [6.45, 7) is 2.70. The number of nitrogens with one attached hydrogen (secondary N) is 1. The fourth-order valence-electron chi connectivity index (χ4n) is 0.716. The van der Waals surface area contributed by atoms with Gasteiger partial charge in [-0.25, -0.2) is 4.79 Å². The van der Waals surface area contributed by atoms with Crippen LogP contribution in [0.2, 0.25) is 0 Å². The van der Waals surface area contributed by atoms with Crippen LogP contribution in [0.3, 0.4) is 0 Å². The molecule has 0 rings (SSSR count). The van der Waals surface area contributed by atoms with E-state index in [0.717, 1.165) is 0 Å². The van der Waals surface area contributed by atoms with Crippen molar-refractivity contribution < 1.29 is 14.6 Å². The van der Waals surface area contributed by atoms with Crippen molar-refractivity contribution >= 4 is 5.97 Å². The van der Waals surface area contributed by atoms with E-state index in [0.29, 0.717) is 13.2 Å². The molecule has 2 N–H and O–H groups in total. The lowest BCUT2D eigenvalue weighted by molar-refractivity contribution is -0.149. The molecule has 13 heavy (non-hydrogen) atoms. The van der Waals surface area contributed by atoms with Crippen molar-refractivity contribution in [2.45, 2.75) is 19.4 Å². The Balaban J connectivity index is 3.78. The smallest absolute Gasteiger partial charge is 0.333 e. The Hall–Kier alpha value is -1.05. The van der Waals surface area contributed by atoms with E-state index in [1.807, 2.05) is 0 Å². The van der Waals surface area contributed by atoms with Crippen molar-refractivity contribution in [3.63, 3.8) is 0 Å². The van der Waals surface area contributed by atoms with Crippen LogP contribution in [0.25, 0.3) is 0 Å². The fourth-order valence-corrected chi connectivity index (χ4v) is 0.716. The highest BCUT2D eigenvalue weighted by Crippen LogP contribution is 1.97. The summed E-state index contributed by atoms with van der Waals surface area (Å²) in [5.74, 6) is 4.36. The van der Waals surface area contributed by atoms with Gasteiger partial charge in [0, 0.05) is 13.0 Å². The predicted octanol–water partition coefficient (Wildman–Crippen LogP) is 0.0890. The topological polar surface area (TPSA) is 58.6 Å². The number of ether oxygens (including phenoxy) is 1. The van der Waals surface area contributed by atoms with Crippen LogP contribution in [-0.2, 0) is 9.53 Å². The van der Waals surface area contributed by atoms with Crippen LogP contribution in [0.15, 0.2) is 0 Å². The minimum atomic E-state index is -0.959. The maximum absolute atomic E-state index is 10.6. The van der Waals surface area contributed by atoms with Crippen LogP contribution in [0.5, 0.6) is 0 Å². The second-order valence-electron chi connectivity index (χ2n) is 2.43. The van der Waals surface area contributed by atoms with Gasteiger partial charge in [0.25, 0.3) is 0 Å². The number of rotatable bonds is 6. The highest BCUT2D eigenvalue weighted by atomic mass is 16.5. The van der Waals surface area contributed by atoms with Gasteiger partial charge in [0.05, 0.1) is 6.61 Å². The lowest BCUT2D eigenvalue weighted by Crippen LogP contribution is -2.27. The van der Waals surface area contributed by atoms with E-state index >= 15 is 0 Å². The molecule has 0 heterocycles. The SMILES string of the molecule is CC#CCC(OCCNC)C(=O)O. The maximum Gasteiger partial charge on any atom is 0.333 e. The molecule has 0 amide bonds. The number of carboxylic acid groups (broad SMARTS) is 1. The third-order valence-electron chi connectivity index (χ3n) is 1.41. The summed E-state index contributed by atoms with van der Waals surface area (Å²) in [5.41, 5.74) is 0. The molecule has 0 aliphatic rings.